The van der Waals surface area contributed by atoms with Crippen LogP contribution in [0.15, 0.2) is 24.5 Å². The van der Waals surface area contributed by atoms with Crippen LogP contribution in [0.1, 0.15) is 42.2 Å². The molecule has 1 aliphatic carbocycles. The van der Waals surface area contributed by atoms with E-state index in [0.717, 1.165) is 16.8 Å². The van der Waals surface area contributed by atoms with Crippen molar-refractivity contribution < 1.29 is 23.8 Å². The van der Waals surface area contributed by atoms with Crippen molar-refractivity contribution in [3.63, 3.8) is 0 Å². The van der Waals surface area contributed by atoms with Gasteiger partial charge < -0.3 is 20.3 Å². The summed E-state index contributed by atoms with van der Waals surface area (Å²) >= 11 is 0. The van der Waals surface area contributed by atoms with Crippen LogP contribution in [0.25, 0.3) is 21.9 Å². The molecule has 1 aromatic carbocycles. The van der Waals surface area contributed by atoms with Crippen molar-refractivity contribution in [3.05, 3.63) is 47.2 Å². The fourth-order valence-electron chi connectivity index (χ4n) is 4.64. The SMILES string of the molecule is Cc1c(-c2cc3cc(NC(=O)OC4CCOCC4)ncc3c(N)c2F)cnc2c1C(O)CC2. The Labute approximate surface area is 189 Å². The van der Waals surface area contributed by atoms with Crippen LogP contribution in [0.5, 0.6) is 0 Å². The highest BCUT2D eigenvalue weighted by atomic mass is 19.1. The maximum Gasteiger partial charge on any atom is 0.413 e. The quantitative estimate of drug-likeness (QED) is 0.513. The number of nitrogen functional groups attached to an aromatic ring is 1. The number of rotatable bonds is 3. The van der Waals surface area contributed by atoms with E-state index in [1.807, 2.05) is 6.92 Å². The highest BCUT2D eigenvalue weighted by molar-refractivity contribution is 5.99. The van der Waals surface area contributed by atoms with Gasteiger partial charge in [-0.15, -0.1) is 0 Å². The van der Waals surface area contributed by atoms with Gasteiger partial charge in [-0.3, -0.25) is 10.3 Å². The predicted octanol–water partition coefficient (Wildman–Crippen LogP) is 4.03. The minimum atomic E-state index is -0.602. The number of aromatic nitrogens is 2. The van der Waals surface area contributed by atoms with E-state index in [-0.39, 0.29) is 23.2 Å². The topological polar surface area (TPSA) is 120 Å². The van der Waals surface area contributed by atoms with Gasteiger partial charge in [-0.1, -0.05) is 0 Å². The van der Waals surface area contributed by atoms with Gasteiger partial charge in [-0.2, -0.15) is 0 Å². The molecule has 1 unspecified atom stereocenters. The molecular weight excluding hydrogens is 427 g/mol. The summed E-state index contributed by atoms with van der Waals surface area (Å²) in [5.41, 5.74) is 9.33. The summed E-state index contributed by atoms with van der Waals surface area (Å²) in [6.45, 7) is 2.98. The van der Waals surface area contributed by atoms with Crippen molar-refractivity contribution in [3.8, 4) is 11.1 Å². The van der Waals surface area contributed by atoms with E-state index in [0.29, 0.717) is 55.2 Å². The fourth-order valence-corrected chi connectivity index (χ4v) is 4.64. The summed E-state index contributed by atoms with van der Waals surface area (Å²) in [7, 11) is 0. The first kappa shape index (κ1) is 21.5. The first-order chi connectivity index (χ1) is 15.9. The van der Waals surface area contributed by atoms with Crippen molar-refractivity contribution in [1.29, 1.82) is 0 Å². The van der Waals surface area contributed by atoms with Gasteiger partial charge >= 0.3 is 6.09 Å². The van der Waals surface area contributed by atoms with Crippen molar-refractivity contribution >= 4 is 28.4 Å². The van der Waals surface area contributed by atoms with Crippen LogP contribution in [0.3, 0.4) is 0 Å². The van der Waals surface area contributed by atoms with Crippen LogP contribution in [0.4, 0.5) is 20.7 Å². The number of ether oxygens (including phenoxy) is 2. The maximum absolute atomic E-state index is 15.3. The second-order valence-corrected chi connectivity index (χ2v) is 8.50. The van der Waals surface area contributed by atoms with Gasteiger partial charge in [0.2, 0.25) is 0 Å². The molecule has 1 amide bonds. The average molecular weight is 452 g/mol. The van der Waals surface area contributed by atoms with Crippen LogP contribution in [-0.2, 0) is 15.9 Å². The number of benzene rings is 1. The summed E-state index contributed by atoms with van der Waals surface area (Å²) in [5.74, 6) is -0.294. The average Bonchev–Trinajstić information content (AvgIpc) is 3.19. The molecule has 1 fully saturated rings. The Balaban J connectivity index is 1.48. The zero-order valence-electron chi connectivity index (χ0n) is 18.2. The number of aliphatic hydroxyl groups excluding tert-OH is 1. The molecule has 172 valence electrons. The molecule has 1 atom stereocenters. The Kier molecular flexibility index (Phi) is 5.59. The molecule has 0 spiro atoms. The number of hydrogen-bond acceptors (Lipinski definition) is 7. The predicted molar refractivity (Wildman–Crippen MR) is 121 cm³/mol. The molecule has 2 aromatic heterocycles. The van der Waals surface area contributed by atoms with Gasteiger partial charge in [-0.05, 0) is 42.8 Å². The lowest BCUT2D eigenvalue weighted by atomic mass is 9.94. The fraction of sp³-hybridized carbons (Fsp3) is 0.375. The maximum atomic E-state index is 15.3. The lowest BCUT2D eigenvalue weighted by Gasteiger charge is -2.22. The largest absolute Gasteiger partial charge is 0.446 e. The minimum Gasteiger partial charge on any atom is -0.446 e. The molecular formula is C24H25FN4O4. The third kappa shape index (κ3) is 3.98. The molecule has 4 N–H and O–H groups in total. The number of nitrogens with one attached hydrogen (secondary N) is 1. The standard InChI is InChI=1S/C24H25FN4O4/c1-12-16(10-27-18-2-3-19(30)21(12)18)15-8-13-9-20(28-11-17(13)23(26)22(15)25)29-24(31)33-14-4-6-32-7-5-14/h8-11,14,19,30H,2-7,26H2,1H3,(H,28,29,31). The molecule has 33 heavy (non-hydrogen) atoms. The van der Waals surface area contributed by atoms with Crippen molar-refractivity contribution in [2.45, 2.75) is 44.8 Å². The molecule has 8 nitrogen and oxygen atoms in total. The zero-order valence-corrected chi connectivity index (χ0v) is 18.2. The molecule has 1 aliphatic heterocycles. The van der Waals surface area contributed by atoms with E-state index >= 15 is 4.39 Å². The molecule has 3 heterocycles. The number of halogens is 1. The highest BCUT2D eigenvalue weighted by Gasteiger charge is 2.26. The van der Waals surface area contributed by atoms with Gasteiger partial charge in [0.25, 0.3) is 0 Å². The Bertz CT molecular complexity index is 1240. The first-order valence-electron chi connectivity index (χ1n) is 11.0. The molecule has 3 aromatic rings. The van der Waals surface area contributed by atoms with Crippen LogP contribution in [0, 0.1) is 12.7 Å². The Morgan fingerprint density at radius 1 is 1.21 bits per heavy atom. The highest BCUT2D eigenvalue weighted by Crippen LogP contribution is 2.40. The third-order valence-electron chi connectivity index (χ3n) is 6.42. The normalized spacial score (nSPS) is 18.3. The molecule has 9 heteroatoms. The van der Waals surface area contributed by atoms with Crippen LogP contribution in [-0.4, -0.2) is 40.5 Å². The first-order valence-corrected chi connectivity index (χ1v) is 11.0. The van der Waals surface area contributed by atoms with Gasteiger partial charge in [0.1, 0.15) is 11.9 Å². The summed E-state index contributed by atoms with van der Waals surface area (Å²) in [5, 5.41) is 14.0. The van der Waals surface area contributed by atoms with Gasteiger partial charge in [0.15, 0.2) is 5.82 Å². The van der Waals surface area contributed by atoms with E-state index < -0.39 is 18.0 Å². The molecule has 5 rings (SSSR count). The number of aliphatic hydroxyl groups is 1. The summed E-state index contributed by atoms with van der Waals surface area (Å²) < 4.78 is 26.0. The summed E-state index contributed by atoms with van der Waals surface area (Å²) in [6.07, 6.45) is 4.28. The van der Waals surface area contributed by atoms with Crippen LogP contribution in [0.2, 0.25) is 0 Å². The number of anilines is 2. The lowest BCUT2D eigenvalue weighted by Crippen LogP contribution is -2.28. The van der Waals surface area contributed by atoms with E-state index in [4.69, 9.17) is 15.2 Å². The van der Waals surface area contributed by atoms with Gasteiger partial charge in [-0.25, -0.2) is 14.2 Å². The third-order valence-corrected chi connectivity index (χ3v) is 6.42. The molecule has 2 aliphatic rings. The van der Waals surface area contributed by atoms with Crippen molar-refractivity contribution in [1.82, 2.24) is 9.97 Å². The number of amides is 1. The van der Waals surface area contributed by atoms with E-state index in [1.54, 1.807) is 18.3 Å². The van der Waals surface area contributed by atoms with Crippen LogP contribution < -0.4 is 11.1 Å². The monoisotopic (exact) mass is 452 g/mol. The van der Waals surface area contributed by atoms with Gasteiger partial charge in [0, 0.05) is 53.0 Å². The number of hydrogen-bond donors (Lipinski definition) is 3. The molecule has 0 saturated carbocycles. The number of aryl methyl sites for hydroxylation is 1. The Hall–Kier alpha value is -3.30. The van der Waals surface area contributed by atoms with E-state index in [1.165, 1.54) is 6.20 Å². The van der Waals surface area contributed by atoms with E-state index in [2.05, 4.69) is 15.3 Å². The number of nitrogens with zero attached hydrogens (tertiary/aromatic N) is 2. The number of nitrogens with two attached hydrogens (primary N) is 1. The second kappa shape index (κ2) is 8.57. The van der Waals surface area contributed by atoms with Crippen molar-refractivity contribution in [2.24, 2.45) is 0 Å². The zero-order chi connectivity index (χ0) is 23.1. The molecule has 1 saturated heterocycles. The second-order valence-electron chi connectivity index (χ2n) is 8.50. The molecule has 0 bridgehead atoms. The smallest absolute Gasteiger partial charge is 0.413 e. The number of pyridine rings is 2. The van der Waals surface area contributed by atoms with Gasteiger partial charge in [0.05, 0.1) is 25.0 Å². The number of fused-ring (bicyclic) bond motifs is 2. The van der Waals surface area contributed by atoms with Crippen molar-refractivity contribution in [2.75, 3.05) is 24.3 Å². The van der Waals surface area contributed by atoms with Crippen LogP contribution >= 0.6 is 0 Å². The number of carbonyl (C=O) groups excluding carboxylic acids is 1. The summed E-state index contributed by atoms with van der Waals surface area (Å²) in [6, 6.07) is 3.29. The Morgan fingerprint density at radius 2 is 2.00 bits per heavy atom. The summed E-state index contributed by atoms with van der Waals surface area (Å²) in [4.78, 5) is 20.9. The Morgan fingerprint density at radius 3 is 2.79 bits per heavy atom. The lowest BCUT2D eigenvalue weighted by molar-refractivity contribution is 0.00590. The molecule has 0 radical (unpaired) electrons. The minimum absolute atomic E-state index is 0.0354. The number of carbonyl (C=O) groups is 1. The van der Waals surface area contributed by atoms with E-state index in [9.17, 15) is 9.90 Å².